The van der Waals surface area contributed by atoms with Gasteiger partial charge >= 0.3 is 5.97 Å². The van der Waals surface area contributed by atoms with Gasteiger partial charge < -0.3 is 5.11 Å². The molecule has 7 heteroatoms. The quantitative estimate of drug-likeness (QED) is 0.668. The van der Waals surface area contributed by atoms with Crippen LogP contribution in [0.15, 0.2) is 0 Å². The minimum Gasteiger partial charge on any atom is -0.481 e. The van der Waals surface area contributed by atoms with Crippen molar-refractivity contribution in [1.29, 1.82) is 0 Å². The highest BCUT2D eigenvalue weighted by Gasteiger charge is 2.17. The van der Waals surface area contributed by atoms with E-state index in [0.29, 0.717) is 0 Å². The molecule has 0 spiro atoms. The first-order chi connectivity index (χ1) is 6.40. The van der Waals surface area contributed by atoms with E-state index in [-0.39, 0.29) is 25.1 Å². The van der Waals surface area contributed by atoms with Crippen molar-refractivity contribution in [3.05, 3.63) is 0 Å². The van der Waals surface area contributed by atoms with Crippen LogP contribution in [0.1, 0.15) is 12.8 Å². The van der Waals surface area contributed by atoms with Gasteiger partial charge in [-0.1, -0.05) is 0 Å². The molecule has 84 valence electrons. The molecular formula is C7H14FNO4S. The van der Waals surface area contributed by atoms with Crippen LogP contribution in [0.2, 0.25) is 0 Å². The largest absolute Gasteiger partial charge is 0.481 e. The second-order valence-corrected chi connectivity index (χ2v) is 5.02. The monoisotopic (exact) mass is 227 g/mol. The summed E-state index contributed by atoms with van der Waals surface area (Å²) in [5.74, 6) is -1.34. The number of alkyl halides is 1. The minimum atomic E-state index is -3.49. The summed E-state index contributed by atoms with van der Waals surface area (Å²) in [5, 5.41) is 8.32. The Labute approximate surface area is 82.6 Å². The third-order valence-corrected chi connectivity index (χ3v) is 3.59. The van der Waals surface area contributed by atoms with E-state index in [4.69, 9.17) is 5.11 Å². The second kappa shape index (κ2) is 5.92. The number of aliphatic carboxylic acids is 1. The van der Waals surface area contributed by atoms with Crippen LogP contribution in [-0.2, 0) is 14.8 Å². The number of rotatable bonds is 7. The van der Waals surface area contributed by atoms with Crippen LogP contribution in [0.25, 0.3) is 0 Å². The number of halogens is 1. The molecule has 0 aromatic carbocycles. The van der Waals surface area contributed by atoms with Crippen molar-refractivity contribution in [2.75, 3.05) is 26.0 Å². The molecule has 0 rings (SSSR count). The van der Waals surface area contributed by atoms with Crippen LogP contribution in [0, 0.1) is 0 Å². The molecule has 0 saturated carbocycles. The van der Waals surface area contributed by atoms with Gasteiger partial charge in [-0.15, -0.1) is 0 Å². The lowest BCUT2D eigenvalue weighted by Gasteiger charge is -2.15. The van der Waals surface area contributed by atoms with Crippen LogP contribution >= 0.6 is 0 Å². The number of carboxylic acid groups (broad SMARTS) is 1. The molecule has 0 bridgehead atoms. The Morgan fingerprint density at radius 1 is 1.50 bits per heavy atom. The topological polar surface area (TPSA) is 74.7 Å². The summed E-state index contributed by atoms with van der Waals surface area (Å²) in [6, 6.07) is 0. The molecule has 0 heterocycles. The summed E-state index contributed by atoms with van der Waals surface area (Å²) >= 11 is 0. The van der Waals surface area contributed by atoms with Gasteiger partial charge in [0.1, 0.15) is 0 Å². The average molecular weight is 227 g/mol. The maximum absolute atomic E-state index is 11.7. The van der Waals surface area contributed by atoms with Gasteiger partial charge in [-0.05, 0) is 6.42 Å². The van der Waals surface area contributed by atoms with E-state index >= 15 is 0 Å². The van der Waals surface area contributed by atoms with Crippen LogP contribution in [0.4, 0.5) is 4.39 Å². The first kappa shape index (κ1) is 13.3. The number of hydrogen-bond acceptors (Lipinski definition) is 3. The van der Waals surface area contributed by atoms with Gasteiger partial charge in [0.25, 0.3) is 0 Å². The molecule has 0 aromatic rings. The zero-order valence-electron chi connectivity index (χ0n) is 7.94. The van der Waals surface area contributed by atoms with E-state index in [9.17, 15) is 17.6 Å². The third-order valence-electron chi connectivity index (χ3n) is 1.65. The molecule has 0 aliphatic heterocycles. The molecule has 0 saturated heterocycles. The van der Waals surface area contributed by atoms with Gasteiger partial charge in [0.15, 0.2) is 0 Å². The smallest absolute Gasteiger partial charge is 0.304 e. The molecule has 0 unspecified atom stereocenters. The Balaban J connectivity index is 4.08. The molecule has 0 atom stereocenters. The predicted molar refractivity (Wildman–Crippen MR) is 49.3 cm³/mol. The minimum absolute atomic E-state index is 0.0558. The van der Waals surface area contributed by atoms with Gasteiger partial charge in [0.2, 0.25) is 10.0 Å². The number of carboxylic acids is 1. The van der Waals surface area contributed by atoms with Crippen LogP contribution in [-0.4, -0.2) is 49.8 Å². The first-order valence-corrected chi connectivity index (χ1v) is 5.73. The van der Waals surface area contributed by atoms with E-state index in [1.165, 1.54) is 7.05 Å². The Bertz CT molecular complexity index is 277. The summed E-state index contributed by atoms with van der Waals surface area (Å²) in [5.41, 5.74) is 0. The van der Waals surface area contributed by atoms with Crippen molar-refractivity contribution < 1.29 is 22.7 Å². The molecule has 0 amide bonds. The lowest BCUT2D eigenvalue weighted by atomic mass is 10.4. The Hall–Kier alpha value is -0.690. The van der Waals surface area contributed by atoms with Crippen molar-refractivity contribution in [2.24, 2.45) is 0 Å². The Morgan fingerprint density at radius 2 is 2.07 bits per heavy atom. The highest BCUT2D eigenvalue weighted by atomic mass is 32.2. The van der Waals surface area contributed by atoms with Gasteiger partial charge in [-0.3, -0.25) is 9.18 Å². The molecular weight excluding hydrogens is 213 g/mol. The van der Waals surface area contributed by atoms with Gasteiger partial charge in [0.05, 0.1) is 18.8 Å². The fourth-order valence-corrected chi connectivity index (χ4v) is 1.94. The van der Waals surface area contributed by atoms with Crippen molar-refractivity contribution in [3.63, 3.8) is 0 Å². The fraction of sp³-hybridized carbons (Fsp3) is 0.857. The number of sulfonamides is 1. The lowest BCUT2D eigenvalue weighted by molar-refractivity contribution is -0.137. The van der Waals surface area contributed by atoms with E-state index in [0.717, 1.165) is 4.31 Å². The Kier molecular flexibility index (Phi) is 5.63. The van der Waals surface area contributed by atoms with E-state index in [1.54, 1.807) is 0 Å². The number of nitrogens with zero attached hydrogens (tertiary/aromatic N) is 1. The maximum Gasteiger partial charge on any atom is 0.304 e. The molecule has 1 N–H and O–H groups in total. The molecule has 0 radical (unpaired) electrons. The second-order valence-electron chi connectivity index (χ2n) is 2.82. The van der Waals surface area contributed by atoms with Gasteiger partial charge in [-0.2, -0.15) is 0 Å². The van der Waals surface area contributed by atoms with Crippen LogP contribution in [0.5, 0.6) is 0 Å². The van der Waals surface area contributed by atoms with Crippen molar-refractivity contribution >= 4 is 16.0 Å². The Morgan fingerprint density at radius 3 is 2.50 bits per heavy atom. The maximum atomic E-state index is 11.7. The summed E-state index contributed by atoms with van der Waals surface area (Å²) in [6.07, 6.45) is -0.300. The zero-order valence-corrected chi connectivity index (χ0v) is 8.76. The summed E-state index contributed by atoms with van der Waals surface area (Å²) < 4.78 is 35.2. The number of hydrogen-bond donors (Lipinski definition) is 1. The third kappa shape index (κ3) is 5.13. The summed E-state index contributed by atoms with van der Waals surface area (Å²) in [4.78, 5) is 10.2. The van der Waals surface area contributed by atoms with Crippen molar-refractivity contribution in [3.8, 4) is 0 Å². The van der Waals surface area contributed by atoms with Crippen LogP contribution < -0.4 is 0 Å². The van der Waals surface area contributed by atoms with Crippen molar-refractivity contribution in [1.82, 2.24) is 4.31 Å². The standard InChI is InChI=1S/C7H14FNO4S/c1-9(5-3-7(10)11)14(12,13)6-2-4-8/h2-6H2,1H3,(H,10,11). The highest BCUT2D eigenvalue weighted by Crippen LogP contribution is 2.01. The van der Waals surface area contributed by atoms with Crippen molar-refractivity contribution in [2.45, 2.75) is 12.8 Å². The van der Waals surface area contributed by atoms with Crippen LogP contribution in [0.3, 0.4) is 0 Å². The molecule has 5 nitrogen and oxygen atoms in total. The first-order valence-electron chi connectivity index (χ1n) is 4.12. The zero-order chi connectivity index (χ0) is 11.2. The van der Waals surface area contributed by atoms with E-state index in [2.05, 4.69) is 0 Å². The molecule has 0 aromatic heterocycles. The van der Waals surface area contributed by atoms with E-state index in [1.807, 2.05) is 0 Å². The summed E-state index contributed by atoms with van der Waals surface area (Å²) in [6.45, 7) is -0.768. The molecule has 14 heavy (non-hydrogen) atoms. The normalized spacial score (nSPS) is 11.9. The van der Waals surface area contributed by atoms with E-state index < -0.39 is 22.7 Å². The highest BCUT2D eigenvalue weighted by molar-refractivity contribution is 7.89. The predicted octanol–water partition coefficient (Wildman–Crippen LogP) is 0.0823. The summed E-state index contributed by atoms with van der Waals surface area (Å²) in [7, 11) is -2.20. The fourth-order valence-electron chi connectivity index (χ4n) is 0.785. The van der Waals surface area contributed by atoms with Gasteiger partial charge in [0, 0.05) is 13.6 Å². The molecule has 0 aliphatic carbocycles. The SMILES string of the molecule is CN(CCC(=O)O)S(=O)(=O)CCCF. The average Bonchev–Trinajstić information content (AvgIpc) is 2.10. The van der Waals surface area contributed by atoms with Gasteiger partial charge in [-0.25, -0.2) is 12.7 Å². The molecule has 0 aliphatic rings. The number of carbonyl (C=O) groups is 1. The molecule has 0 fully saturated rings. The lowest BCUT2D eigenvalue weighted by Crippen LogP contribution is -2.31.